The zero-order valence-corrected chi connectivity index (χ0v) is 10.4. The van der Waals surface area contributed by atoms with Crippen LogP contribution in [-0.4, -0.2) is 47.0 Å². The Morgan fingerprint density at radius 3 is 2.65 bits per heavy atom. The van der Waals surface area contributed by atoms with Gasteiger partial charge in [0.25, 0.3) is 5.91 Å². The van der Waals surface area contributed by atoms with Crippen LogP contribution in [0.3, 0.4) is 0 Å². The second-order valence-electron chi connectivity index (χ2n) is 3.36. The lowest BCUT2D eigenvalue weighted by Crippen LogP contribution is -2.38. The third-order valence-corrected chi connectivity index (χ3v) is 2.15. The lowest BCUT2D eigenvalue weighted by molar-refractivity contribution is -0.121. The second kappa shape index (κ2) is 6.15. The van der Waals surface area contributed by atoms with Gasteiger partial charge in [-0.15, -0.1) is 10.2 Å². The molecule has 0 atom stereocenters. The van der Waals surface area contributed by atoms with Crippen LogP contribution in [0.5, 0.6) is 0 Å². The van der Waals surface area contributed by atoms with Gasteiger partial charge in [0, 0.05) is 13.6 Å². The van der Waals surface area contributed by atoms with Crippen molar-refractivity contribution in [2.24, 2.45) is 0 Å². The lowest BCUT2D eigenvalue weighted by atomic mass is 10.3. The van der Waals surface area contributed by atoms with Crippen molar-refractivity contribution in [2.45, 2.75) is 6.92 Å². The SMILES string of the molecule is CCNC(=O)CN(C)C(=O)c1ccc(Cl)nn1. The number of rotatable bonds is 4. The highest BCUT2D eigenvalue weighted by Gasteiger charge is 2.16. The molecule has 1 aromatic rings. The van der Waals surface area contributed by atoms with Crippen LogP contribution in [0, 0.1) is 0 Å². The Kier molecular flexibility index (Phi) is 4.84. The number of hydrogen-bond acceptors (Lipinski definition) is 4. The van der Waals surface area contributed by atoms with Crippen LogP contribution < -0.4 is 5.32 Å². The summed E-state index contributed by atoms with van der Waals surface area (Å²) in [4.78, 5) is 24.3. The van der Waals surface area contributed by atoms with E-state index in [1.165, 1.54) is 24.1 Å². The van der Waals surface area contributed by atoms with Gasteiger partial charge in [0.2, 0.25) is 5.91 Å². The van der Waals surface area contributed by atoms with Crippen LogP contribution in [0.25, 0.3) is 0 Å². The molecular formula is C10H13ClN4O2. The second-order valence-corrected chi connectivity index (χ2v) is 3.74. The number of nitrogens with one attached hydrogen (secondary N) is 1. The molecule has 0 bridgehead atoms. The molecule has 7 heteroatoms. The lowest BCUT2D eigenvalue weighted by Gasteiger charge is -2.15. The number of likely N-dealkylation sites (N-methyl/N-ethyl adjacent to an activating group) is 2. The molecule has 1 rings (SSSR count). The summed E-state index contributed by atoms with van der Waals surface area (Å²) in [5, 5.41) is 10.0. The molecule has 6 nitrogen and oxygen atoms in total. The summed E-state index contributed by atoms with van der Waals surface area (Å²) in [5.41, 5.74) is 0.154. The normalized spacial score (nSPS) is 9.82. The van der Waals surface area contributed by atoms with Crippen LogP contribution in [0.1, 0.15) is 17.4 Å². The number of nitrogens with zero attached hydrogens (tertiary/aromatic N) is 3. The summed E-state index contributed by atoms with van der Waals surface area (Å²) in [7, 11) is 1.52. The van der Waals surface area contributed by atoms with Crippen LogP contribution in [0.2, 0.25) is 5.15 Å². The summed E-state index contributed by atoms with van der Waals surface area (Å²) in [5.74, 6) is -0.592. The van der Waals surface area contributed by atoms with E-state index < -0.39 is 0 Å². The molecule has 0 aliphatic carbocycles. The summed E-state index contributed by atoms with van der Waals surface area (Å²) >= 11 is 5.56. The average Bonchev–Trinajstić information content (AvgIpc) is 2.29. The number of carbonyl (C=O) groups excluding carboxylic acids is 2. The molecular weight excluding hydrogens is 244 g/mol. The maximum Gasteiger partial charge on any atom is 0.274 e. The summed E-state index contributed by atoms with van der Waals surface area (Å²) in [6.45, 7) is 2.32. The van der Waals surface area contributed by atoms with Gasteiger partial charge < -0.3 is 10.2 Å². The predicted molar refractivity (Wildman–Crippen MR) is 62.7 cm³/mol. The van der Waals surface area contributed by atoms with Crippen LogP contribution >= 0.6 is 11.6 Å². The minimum Gasteiger partial charge on any atom is -0.355 e. The van der Waals surface area contributed by atoms with Gasteiger partial charge in [0.15, 0.2) is 10.8 Å². The molecule has 0 saturated heterocycles. The Bertz CT molecular complexity index is 407. The first kappa shape index (κ1) is 13.4. The molecule has 2 amide bonds. The van der Waals surface area contributed by atoms with E-state index in [4.69, 9.17) is 11.6 Å². The van der Waals surface area contributed by atoms with Crippen LogP contribution in [-0.2, 0) is 4.79 Å². The first-order valence-electron chi connectivity index (χ1n) is 5.06. The number of amides is 2. The van der Waals surface area contributed by atoms with Crippen molar-refractivity contribution in [3.8, 4) is 0 Å². The van der Waals surface area contributed by atoms with Gasteiger partial charge >= 0.3 is 0 Å². The Labute approximate surface area is 104 Å². The monoisotopic (exact) mass is 256 g/mol. The van der Waals surface area contributed by atoms with Crippen molar-refractivity contribution in [3.05, 3.63) is 23.0 Å². The molecule has 0 aliphatic heterocycles. The zero-order chi connectivity index (χ0) is 12.8. The van der Waals surface area contributed by atoms with Crippen molar-refractivity contribution in [3.63, 3.8) is 0 Å². The standard InChI is InChI=1S/C10H13ClN4O2/c1-3-12-9(16)6-15(2)10(17)7-4-5-8(11)14-13-7/h4-5H,3,6H2,1-2H3,(H,12,16). The Morgan fingerprint density at radius 1 is 1.41 bits per heavy atom. The minimum atomic E-state index is -0.375. The quantitative estimate of drug-likeness (QED) is 0.843. The van der Waals surface area contributed by atoms with Gasteiger partial charge in [-0.05, 0) is 19.1 Å². The fraction of sp³-hybridized carbons (Fsp3) is 0.400. The fourth-order valence-electron chi connectivity index (χ4n) is 1.17. The van der Waals surface area contributed by atoms with E-state index in [0.29, 0.717) is 6.54 Å². The molecule has 0 radical (unpaired) electrons. The predicted octanol–water partition coefficient (Wildman–Crippen LogP) is 0.338. The molecule has 0 saturated carbocycles. The number of hydrogen-bond donors (Lipinski definition) is 1. The number of aromatic nitrogens is 2. The van der Waals surface area contributed by atoms with E-state index in [1.54, 1.807) is 0 Å². The van der Waals surface area contributed by atoms with Gasteiger partial charge in [-0.25, -0.2) is 0 Å². The van der Waals surface area contributed by atoms with Gasteiger partial charge in [-0.3, -0.25) is 9.59 Å². The smallest absolute Gasteiger partial charge is 0.274 e. The maximum absolute atomic E-state index is 11.8. The van der Waals surface area contributed by atoms with E-state index in [0.717, 1.165) is 0 Å². The highest BCUT2D eigenvalue weighted by atomic mass is 35.5. The van der Waals surface area contributed by atoms with Crippen molar-refractivity contribution < 1.29 is 9.59 Å². The fourth-order valence-corrected chi connectivity index (χ4v) is 1.27. The molecule has 92 valence electrons. The molecule has 0 unspecified atom stereocenters. The van der Waals surface area contributed by atoms with E-state index >= 15 is 0 Å². The van der Waals surface area contributed by atoms with Crippen LogP contribution in [0.4, 0.5) is 0 Å². The first-order chi connectivity index (χ1) is 8.04. The van der Waals surface area contributed by atoms with Crippen molar-refractivity contribution in [1.82, 2.24) is 20.4 Å². The topological polar surface area (TPSA) is 75.2 Å². The summed E-state index contributed by atoms with van der Waals surface area (Å²) < 4.78 is 0. The molecule has 0 spiro atoms. The van der Waals surface area contributed by atoms with E-state index in [9.17, 15) is 9.59 Å². The summed E-state index contributed by atoms with van der Waals surface area (Å²) in [6, 6.07) is 2.94. The highest BCUT2D eigenvalue weighted by molar-refractivity contribution is 6.29. The Morgan fingerprint density at radius 2 is 2.12 bits per heavy atom. The maximum atomic E-state index is 11.8. The number of halogens is 1. The third kappa shape index (κ3) is 3.99. The van der Waals surface area contributed by atoms with Gasteiger partial charge in [0.05, 0.1) is 6.54 Å². The molecule has 1 aromatic heterocycles. The van der Waals surface area contributed by atoms with E-state index in [2.05, 4.69) is 15.5 Å². The van der Waals surface area contributed by atoms with Gasteiger partial charge in [0.1, 0.15) is 0 Å². The van der Waals surface area contributed by atoms with Crippen LogP contribution in [0.15, 0.2) is 12.1 Å². The van der Waals surface area contributed by atoms with Crippen molar-refractivity contribution in [2.75, 3.05) is 20.1 Å². The van der Waals surface area contributed by atoms with Crippen molar-refractivity contribution >= 4 is 23.4 Å². The molecule has 0 aromatic carbocycles. The van der Waals surface area contributed by atoms with Gasteiger partial charge in [-0.2, -0.15) is 0 Å². The molecule has 0 aliphatic rings. The number of carbonyl (C=O) groups is 2. The molecule has 1 heterocycles. The Balaban J connectivity index is 2.63. The van der Waals surface area contributed by atoms with Crippen molar-refractivity contribution in [1.29, 1.82) is 0 Å². The molecule has 17 heavy (non-hydrogen) atoms. The minimum absolute atomic E-state index is 0.0169. The summed E-state index contributed by atoms with van der Waals surface area (Å²) in [6.07, 6.45) is 0. The zero-order valence-electron chi connectivity index (χ0n) is 9.61. The highest BCUT2D eigenvalue weighted by Crippen LogP contribution is 2.04. The molecule has 0 fully saturated rings. The van der Waals surface area contributed by atoms with E-state index in [1.807, 2.05) is 6.92 Å². The Hall–Kier alpha value is -1.69. The van der Waals surface area contributed by atoms with Gasteiger partial charge in [-0.1, -0.05) is 11.6 Å². The first-order valence-corrected chi connectivity index (χ1v) is 5.43. The van der Waals surface area contributed by atoms with E-state index in [-0.39, 0.29) is 29.2 Å². The third-order valence-electron chi connectivity index (χ3n) is 1.95. The largest absolute Gasteiger partial charge is 0.355 e. The molecule has 1 N–H and O–H groups in total. The average molecular weight is 257 g/mol.